The van der Waals surface area contributed by atoms with Gasteiger partial charge in [-0.1, -0.05) is 6.07 Å². The molecule has 0 saturated heterocycles. The molecule has 2 rings (SSSR count). The smallest absolute Gasteiger partial charge is 0.328 e. The zero-order chi connectivity index (χ0) is 14.7. The summed E-state index contributed by atoms with van der Waals surface area (Å²) in [5, 5.41) is 0. The van der Waals surface area contributed by atoms with Gasteiger partial charge in [0.05, 0.1) is 11.0 Å². The molecule has 0 amide bonds. The van der Waals surface area contributed by atoms with Crippen molar-refractivity contribution in [2.24, 2.45) is 0 Å². The molecule has 0 radical (unpaired) electrons. The number of ether oxygens (including phenoxy) is 1. The normalized spacial score (nSPS) is 10.6. The van der Waals surface area contributed by atoms with Crippen LogP contribution in [0.2, 0.25) is 0 Å². The molecule has 106 valence electrons. The fourth-order valence-corrected chi connectivity index (χ4v) is 2.06. The van der Waals surface area contributed by atoms with Gasteiger partial charge in [0, 0.05) is 6.20 Å². The summed E-state index contributed by atoms with van der Waals surface area (Å²) < 4.78 is 7.32. The van der Waals surface area contributed by atoms with E-state index in [1.165, 1.54) is 16.3 Å². The lowest BCUT2D eigenvalue weighted by Crippen LogP contribution is -2.31. The van der Waals surface area contributed by atoms with Crippen molar-refractivity contribution in [1.82, 2.24) is 9.55 Å². The molecule has 0 aliphatic heterocycles. The molecule has 0 bridgehead atoms. The van der Waals surface area contributed by atoms with E-state index in [0.717, 1.165) is 11.3 Å². The van der Waals surface area contributed by atoms with Gasteiger partial charge in [-0.2, -0.15) is 0 Å². The highest BCUT2D eigenvalue weighted by atomic mass is 79.9. The Hall–Kier alpha value is -1.82. The molecule has 0 aliphatic carbocycles. The molecule has 0 saturated carbocycles. The van der Waals surface area contributed by atoms with Gasteiger partial charge < -0.3 is 4.74 Å². The Morgan fingerprint density at radius 1 is 1.25 bits per heavy atom. The van der Waals surface area contributed by atoms with Crippen molar-refractivity contribution in [3.8, 4) is 5.75 Å². The van der Waals surface area contributed by atoms with Crippen molar-refractivity contribution < 1.29 is 4.74 Å². The molecular formula is C14H15BrN2O3. The van der Waals surface area contributed by atoms with E-state index in [2.05, 4.69) is 20.9 Å². The second-order valence-electron chi connectivity index (χ2n) is 4.52. The number of hydrogen-bond acceptors (Lipinski definition) is 3. The first-order valence-electron chi connectivity index (χ1n) is 6.16. The van der Waals surface area contributed by atoms with Crippen molar-refractivity contribution in [3.05, 3.63) is 60.8 Å². The van der Waals surface area contributed by atoms with Crippen LogP contribution in [0.25, 0.3) is 0 Å². The van der Waals surface area contributed by atoms with Crippen molar-refractivity contribution >= 4 is 15.9 Å². The number of benzene rings is 1. The Balaban J connectivity index is 2.03. The standard InChI is InChI=1S/C14H15BrN2O3/c1-9-3-4-11(7-10(9)2)20-6-5-17-8-12(15)13(18)16-14(17)19/h3-4,7-8H,5-6H2,1-2H3,(H,16,18,19). The van der Waals surface area contributed by atoms with E-state index >= 15 is 0 Å². The first-order valence-corrected chi connectivity index (χ1v) is 6.96. The molecule has 5 nitrogen and oxygen atoms in total. The number of aryl methyl sites for hydroxylation is 2. The van der Waals surface area contributed by atoms with E-state index in [4.69, 9.17) is 4.74 Å². The van der Waals surface area contributed by atoms with E-state index in [9.17, 15) is 9.59 Å². The maximum absolute atomic E-state index is 11.6. The van der Waals surface area contributed by atoms with Crippen LogP contribution >= 0.6 is 15.9 Å². The van der Waals surface area contributed by atoms with Gasteiger partial charge in [0.25, 0.3) is 5.56 Å². The molecule has 0 atom stereocenters. The highest BCUT2D eigenvalue weighted by molar-refractivity contribution is 9.10. The van der Waals surface area contributed by atoms with Gasteiger partial charge in [-0.3, -0.25) is 14.3 Å². The molecule has 0 unspecified atom stereocenters. The summed E-state index contributed by atoms with van der Waals surface area (Å²) in [6, 6.07) is 5.85. The van der Waals surface area contributed by atoms with Gasteiger partial charge in [-0.05, 0) is 53.0 Å². The molecule has 6 heteroatoms. The molecule has 0 spiro atoms. The van der Waals surface area contributed by atoms with Crippen molar-refractivity contribution in [2.75, 3.05) is 6.61 Å². The van der Waals surface area contributed by atoms with Gasteiger partial charge >= 0.3 is 5.69 Å². The number of nitrogens with zero attached hydrogens (tertiary/aromatic N) is 1. The van der Waals surface area contributed by atoms with Crippen LogP contribution in [-0.4, -0.2) is 16.2 Å². The van der Waals surface area contributed by atoms with Crippen LogP contribution in [0, 0.1) is 13.8 Å². The third-order valence-corrected chi connectivity index (χ3v) is 3.61. The zero-order valence-electron chi connectivity index (χ0n) is 11.3. The first-order chi connectivity index (χ1) is 9.47. The highest BCUT2D eigenvalue weighted by Gasteiger charge is 2.02. The lowest BCUT2D eigenvalue weighted by Gasteiger charge is -2.09. The zero-order valence-corrected chi connectivity index (χ0v) is 12.9. The van der Waals surface area contributed by atoms with Crippen LogP contribution in [0.3, 0.4) is 0 Å². The maximum atomic E-state index is 11.6. The Morgan fingerprint density at radius 2 is 2.00 bits per heavy atom. The van der Waals surface area contributed by atoms with E-state index in [-0.39, 0.29) is 0 Å². The number of halogens is 1. The van der Waals surface area contributed by atoms with Crippen LogP contribution in [-0.2, 0) is 6.54 Å². The van der Waals surface area contributed by atoms with Crippen molar-refractivity contribution in [3.63, 3.8) is 0 Å². The molecule has 1 aromatic heterocycles. The summed E-state index contributed by atoms with van der Waals surface area (Å²) in [6.45, 7) is 4.77. The molecule has 20 heavy (non-hydrogen) atoms. The fourth-order valence-electron chi connectivity index (χ4n) is 1.71. The number of H-pyrrole nitrogens is 1. The Morgan fingerprint density at radius 3 is 2.70 bits per heavy atom. The fraction of sp³-hybridized carbons (Fsp3) is 0.286. The molecule has 1 N–H and O–H groups in total. The van der Waals surface area contributed by atoms with E-state index in [0.29, 0.717) is 17.6 Å². The SMILES string of the molecule is Cc1ccc(OCCn2cc(Br)c(=O)[nH]c2=O)cc1C. The van der Waals surface area contributed by atoms with Gasteiger partial charge in [0.15, 0.2) is 0 Å². The van der Waals surface area contributed by atoms with Crippen molar-refractivity contribution in [1.29, 1.82) is 0 Å². The Bertz CT molecular complexity index is 734. The number of aromatic amines is 1. The van der Waals surface area contributed by atoms with Gasteiger partial charge in [0.2, 0.25) is 0 Å². The summed E-state index contributed by atoms with van der Waals surface area (Å²) >= 11 is 3.09. The van der Waals surface area contributed by atoms with E-state index in [1.807, 2.05) is 32.0 Å². The van der Waals surface area contributed by atoms with E-state index < -0.39 is 11.2 Å². The third-order valence-electron chi connectivity index (χ3n) is 3.05. The average Bonchev–Trinajstić information content (AvgIpc) is 2.39. The minimum atomic E-state index is -0.443. The second kappa shape index (κ2) is 6.09. The highest BCUT2D eigenvalue weighted by Crippen LogP contribution is 2.16. The van der Waals surface area contributed by atoms with E-state index in [1.54, 1.807) is 0 Å². The lowest BCUT2D eigenvalue weighted by atomic mass is 10.1. The quantitative estimate of drug-likeness (QED) is 0.927. The number of hydrogen-bond donors (Lipinski definition) is 1. The Kier molecular flexibility index (Phi) is 4.44. The third kappa shape index (κ3) is 3.39. The van der Waals surface area contributed by atoms with Crippen LogP contribution in [0.4, 0.5) is 0 Å². The minimum Gasteiger partial charge on any atom is -0.492 e. The average molecular weight is 339 g/mol. The largest absolute Gasteiger partial charge is 0.492 e. The summed E-state index contributed by atoms with van der Waals surface area (Å²) in [5.41, 5.74) is 1.49. The molecular weight excluding hydrogens is 324 g/mol. The number of rotatable bonds is 4. The first kappa shape index (κ1) is 14.6. The summed E-state index contributed by atoms with van der Waals surface area (Å²) in [7, 11) is 0. The minimum absolute atomic E-state index is 0.322. The van der Waals surface area contributed by atoms with Crippen LogP contribution in [0.1, 0.15) is 11.1 Å². The maximum Gasteiger partial charge on any atom is 0.328 e. The summed E-state index contributed by atoms with van der Waals surface area (Å²) in [6.07, 6.45) is 1.46. The molecule has 0 fully saturated rings. The number of nitrogens with one attached hydrogen (secondary N) is 1. The predicted octanol–water partition coefficient (Wildman–Crippen LogP) is 1.99. The van der Waals surface area contributed by atoms with Crippen LogP contribution in [0.15, 0.2) is 38.5 Å². The molecule has 1 aromatic carbocycles. The molecule has 0 aliphatic rings. The van der Waals surface area contributed by atoms with Gasteiger partial charge in [0.1, 0.15) is 12.4 Å². The summed E-state index contributed by atoms with van der Waals surface area (Å²) in [4.78, 5) is 25.0. The van der Waals surface area contributed by atoms with Gasteiger partial charge in [-0.15, -0.1) is 0 Å². The monoisotopic (exact) mass is 338 g/mol. The summed E-state index contributed by atoms with van der Waals surface area (Å²) in [5.74, 6) is 0.768. The Labute approximate surface area is 124 Å². The van der Waals surface area contributed by atoms with Crippen molar-refractivity contribution in [2.45, 2.75) is 20.4 Å². The van der Waals surface area contributed by atoms with Crippen LogP contribution < -0.4 is 16.0 Å². The number of aromatic nitrogens is 2. The van der Waals surface area contributed by atoms with Gasteiger partial charge in [-0.25, -0.2) is 4.79 Å². The predicted molar refractivity (Wildman–Crippen MR) is 80.4 cm³/mol. The topological polar surface area (TPSA) is 64.1 Å². The van der Waals surface area contributed by atoms with Crippen LogP contribution in [0.5, 0.6) is 5.75 Å². The second-order valence-corrected chi connectivity index (χ2v) is 5.38. The lowest BCUT2D eigenvalue weighted by molar-refractivity contribution is 0.295. The molecule has 2 aromatic rings. The molecule has 1 heterocycles.